The Kier molecular flexibility index (Phi) is 3.67. The highest BCUT2D eigenvalue weighted by atomic mass is 19.1. The summed E-state index contributed by atoms with van der Waals surface area (Å²) >= 11 is 0. The van der Waals surface area contributed by atoms with Crippen molar-refractivity contribution in [2.75, 3.05) is 0 Å². The van der Waals surface area contributed by atoms with Crippen LogP contribution in [0.25, 0.3) is 0 Å². The van der Waals surface area contributed by atoms with E-state index in [0.29, 0.717) is 11.1 Å². The second-order valence-electron chi connectivity index (χ2n) is 5.05. The average Bonchev–Trinajstić information content (AvgIpc) is 2.33. The molecule has 1 atom stereocenters. The molecule has 0 saturated carbocycles. The van der Waals surface area contributed by atoms with Gasteiger partial charge in [0.25, 0.3) is 0 Å². The van der Waals surface area contributed by atoms with Crippen LogP contribution in [0, 0.1) is 18.6 Å². The van der Waals surface area contributed by atoms with Crippen molar-refractivity contribution in [3.8, 4) is 0 Å². The summed E-state index contributed by atoms with van der Waals surface area (Å²) in [5, 5.41) is 10.5. The van der Waals surface area contributed by atoms with Crippen LogP contribution in [-0.2, 0) is 12.0 Å². The highest BCUT2D eigenvalue weighted by Crippen LogP contribution is 2.26. The van der Waals surface area contributed by atoms with Gasteiger partial charge in [0.1, 0.15) is 11.6 Å². The zero-order valence-electron chi connectivity index (χ0n) is 11.0. The van der Waals surface area contributed by atoms with Crippen molar-refractivity contribution in [3.05, 3.63) is 70.8 Å². The molecule has 2 rings (SSSR count). The van der Waals surface area contributed by atoms with E-state index >= 15 is 0 Å². The fraction of sp³-hybridized carbons (Fsp3) is 0.250. The molecule has 0 heterocycles. The molecule has 0 bridgehead atoms. The minimum absolute atomic E-state index is 0.0994. The number of benzene rings is 2. The Morgan fingerprint density at radius 3 is 2.26 bits per heavy atom. The Labute approximate surface area is 111 Å². The van der Waals surface area contributed by atoms with Crippen LogP contribution >= 0.6 is 0 Å². The predicted octanol–water partition coefficient (Wildman–Crippen LogP) is 3.72. The first-order chi connectivity index (χ1) is 8.88. The van der Waals surface area contributed by atoms with Gasteiger partial charge in [-0.2, -0.15) is 0 Å². The molecule has 0 saturated heterocycles. The summed E-state index contributed by atoms with van der Waals surface area (Å²) in [4.78, 5) is 0. The van der Waals surface area contributed by atoms with Gasteiger partial charge >= 0.3 is 0 Å². The number of aliphatic hydroxyl groups is 1. The highest BCUT2D eigenvalue weighted by molar-refractivity contribution is 5.29. The molecule has 0 aliphatic heterocycles. The van der Waals surface area contributed by atoms with Crippen molar-refractivity contribution in [1.82, 2.24) is 0 Å². The lowest BCUT2D eigenvalue weighted by atomic mass is 9.88. The van der Waals surface area contributed by atoms with Crippen molar-refractivity contribution in [1.29, 1.82) is 0 Å². The molecule has 0 aliphatic carbocycles. The second-order valence-corrected chi connectivity index (χ2v) is 5.05. The van der Waals surface area contributed by atoms with Crippen LogP contribution in [0.2, 0.25) is 0 Å². The standard InChI is InChI=1S/C16H16F2O/c1-11-3-6-13(7-4-11)16(2,19)10-12-5-8-14(17)9-15(12)18/h3-9,19H,10H2,1-2H3. The average molecular weight is 262 g/mol. The predicted molar refractivity (Wildman–Crippen MR) is 70.8 cm³/mol. The molecule has 0 fully saturated rings. The van der Waals surface area contributed by atoms with Crippen molar-refractivity contribution >= 4 is 0 Å². The molecule has 0 aromatic heterocycles. The Hall–Kier alpha value is -1.74. The number of rotatable bonds is 3. The molecular formula is C16H16F2O. The topological polar surface area (TPSA) is 20.2 Å². The third-order valence-corrected chi connectivity index (χ3v) is 3.22. The molecule has 0 aliphatic rings. The number of hydrogen-bond acceptors (Lipinski definition) is 1. The third-order valence-electron chi connectivity index (χ3n) is 3.22. The first-order valence-corrected chi connectivity index (χ1v) is 6.12. The summed E-state index contributed by atoms with van der Waals surface area (Å²) in [5.41, 5.74) is 0.910. The van der Waals surface area contributed by atoms with E-state index in [1.807, 2.05) is 31.2 Å². The van der Waals surface area contributed by atoms with Crippen LogP contribution < -0.4 is 0 Å². The maximum atomic E-state index is 13.6. The third kappa shape index (κ3) is 3.18. The summed E-state index contributed by atoms with van der Waals surface area (Å²) in [6.07, 6.45) is 0.0994. The number of halogens is 2. The maximum Gasteiger partial charge on any atom is 0.129 e. The Balaban J connectivity index is 2.27. The van der Waals surface area contributed by atoms with Gasteiger partial charge in [-0.05, 0) is 31.0 Å². The summed E-state index contributed by atoms with van der Waals surface area (Å²) in [5.74, 6) is -1.25. The van der Waals surface area contributed by atoms with Gasteiger partial charge in [-0.3, -0.25) is 0 Å². The minimum atomic E-state index is -1.19. The molecule has 2 aromatic rings. The Bertz CT molecular complexity index is 574. The van der Waals surface area contributed by atoms with Gasteiger partial charge in [-0.25, -0.2) is 8.78 Å². The molecular weight excluding hydrogens is 246 g/mol. The number of aryl methyl sites for hydroxylation is 1. The van der Waals surface area contributed by atoms with Crippen LogP contribution in [0.1, 0.15) is 23.6 Å². The van der Waals surface area contributed by atoms with E-state index in [0.717, 1.165) is 11.6 Å². The molecule has 0 amide bonds. The summed E-state index contributed by atoms with van der Waals surface area (Å²) in [6, 6.07) is 10.8. The fourth-order valence-corrected chi connectivity index (χ4v) is 2.05. The van der Waals surface area contributed by atoms with Crippen LogP contribution in [0.3, 0.4) is 0 Å². The van der Waals surface area contributed by atoms with Crippen LogP contribution in [0.15, 0.2) is 42.5 Å². The van der Waals surface area contributed by atoms with Gasteiger partial charge in [0, 0.05) is 12.5 Å². The van der Waals surface area contributed by atoms with Gasteiger partial charge in [-0.1, -0.05) is 35.9 Å². The van der Waals surface area contributed by atoms with Crippen molar-refractivity contribution < 1.29 is 13.9 Å². The fourth-order valence-electron chi connectivity index (χ4n) is 2.05. The first kappa shape index (κ1) is 13.7. The molecule has 0 spiro atoms. The van der Waals surface area contributed by atoms with Gasteiger partial charge in [0.2, 0.25) is 0 Å². The van der Waals surface area contributed by atoms with Gasteiger partial charge < -0.3 is 5.11 Å². The molecule has 100 valence electrons. The maximum absolute atomic E-state index is 13.6. The van der Waals surface area contributed by atoms with E-state index < -0.39 is 17.2 Å². The van der Waals surface area contributed by atoms with E-state index in [2.05, 4.69) is 0 Å². The van der Waals surface area contributed by atoms with E-state index in [1.165, 1.54) is 12.1 Å². The van der Waals surface area contributed by atoms with Crippen molar-refractivity contribution in [3.63, 3.8) is 0 Å². The van der Waals surface area contributed by atoms with Crippen molar-refractivity contribution in [2.24, 2.45) is 0 Å². The van der Waals surface area contributed by atoms with Gasteiger partial charge in [-0.15, -0.1) is 0 Å². The SMILES string of the molecule is Cc1ccc(C(C)(O)Cc2ccc(F)cc2F)cc1. The summed E-state index contributed by atoms with van der Waals surface area (Å²) < 4.78 is 26.5. The smallest absolute Gasteiger partial charge is 0.129 e. The molecule has 1 unspecified atom stereocenters. The Morgan fingerprint density at radius 2 is 1.68 bits per heavy atom. The zero-order chi connectivity index (χ0) is 14.0. The Morgan fingerprint density at radius 1 is 1.05 bits per heavy atom. The van der Waals surface area contributed by atoms with Crippen LogP contribution in [-0.4, -0.2) is 5.11 Å². The van der Waals surface area contributed by atoms with Crippen LogP contribution in [0.4, 0.5) is 8.78 Å². The molecule has 0 radical (unpaired) electrons. The number of hydrogen-bond donors (Lipinski definition) is 1. The largest absolute Gasteiger partial charge is 0.385 e. The van der Waals surface area contributed by atoms with Crippen LogP contribution in [0.5, 0.6) is 0 Å². The zero-order valence-corrected chi connectivity index (χ0v) is 11.0. The lowest BCUT2D eigenvalue weighted by Gasteiger charge is -2.24. The van der Waals surface area contributed by atoms with Crippen molar-refractivity contribution in [2.45, 2.75) is 25.9 Å². The molecule has 3 heteroatoms. The second kappa shape index (κ2) is 5.10. The van der Waals surface area contributed by atoms with Gasteiger partial charge in [0.05, 0.1) is 5.60 Å². The van der Waals surface area contributed by atoms with E-state index in [1.54, 1.807) is 6.92 Å². The lowest BCUT2D eigenvalue weighted by molar-refractivity contribution is 0.0566. The highest BCUT2D eigenvalue weighted by Gasteiger charge is 2.24. The monoisotopic (exact) mass is 262 g/mol. The molecule has 1 N–H and O–H groups in total. The van der Waals surface area contributed by atoms with E-state index in [-0.39, 0.29) is 6.42 Å². The quantitative estimate of drug-likeness (QED) is 0.893. The molecule has 2 aromatic carbocycles. The van der Waals surface area contributed by atoms with E-state index in [4.69, 9.17) is 0 Å². The lowest BCUT2D eigenvalue weighted by Crippen LogP contribution is -2.24. The summed E-state index contributed by atoms with van der Waals surface area (Å²) in [6.45, 7) is 3.58. The summed E-state index contributed by atoms with van der Waals surface area (Å²) in [7, 11) is 0. The van der Waals surface area contributed by atoms with Gasteiger partial charge in [0.15, 0.2) is 0 Å². The van der Waals surface area contributed by atoms with E-state index in [9.17, 15) is 13.9 Å². The normalized spacial score (nSPS) is 14.2. The first-order valence-electron chi connectivity index (χ1n) is 6.12. The molecule has 19 heavy (non-hydrogen) atoms. The minimum Gasteiger partial charge on any atom is -0.385 e. The molecule has 1 nitrogen and oxygen atoms in total.